The van der Waals surface area contributed by atoms with Crippen molar-refractivity contribution in [3.05, 3.63) is 29.3 Å². The summed E-state index contributed by atoms with van der Waals surface area (Å²) in [5.74, 6) is -2.31. The lowest BCUT2D eigenvalue weighted by Gasteiger charge is -2.17. The van der Waals surface area contributed by atoms with Crippen LogP contribution in [0.1, 0.15) is 44.5 Å². The van der Waals surface area contributed by atoms with Crippen molar-refractivity contribution in [1.29, 1.82) is 0 Å². The van der Waals surface area contributed by atoms with Gasteiger partial charge in [-0.1, -0.05) is 27.7 Å². The van der Waals surface area contributed by atoms with Crippen LogP contribution in [0.3, 0.4) is 0 Å². The van der Waals surface area contributed by atoms with Gasteiger partial charge in [0, 0.05) is 18.0 Å². The molecular formula is C14H19F2NO2S. The third kappa shape index (κ3) is 3.93. The maximum atomic E-state index is 13.7. The zero-order valence-electron chi connectivity index (χ0n) is 12.0. The van der Waals surface area contributed by atoms with Gasteiger partial charge >= 0.3 is 0 Å². The van der Waals surface area contributed by atoms with E-state index in [1.54, 1.807) is 20.8 Å². The fourth-order valence-electron chi connectivity index (χ4n) is 1.52. The van der Waals surface area contributed by atoms with E-state index in [9.17, 15) is 17.8 Å². The number of carbonyl (C=O) groups is 1. The van der Waals surface area contributed by atoms with Gasteiger partial charge in [0.1, 0.15) is 22.6 Å². The van der Waals surface area contributed by atoms with Crippen LogP contribution in [0, 0.1) is 17.0 Å². The van der Waals surface area contributed by atoms with E-state index in [0.29, 0.717) is 12.6 Å². The van der Waals surface area contributed by atoms with Gasteiger partial charge in [0.2, 0.25) is 0 Å². The molecule has 0 aliphatic rings. The average Bonchev–Trinajstić information content (AvgIpc) is 2.34. The van der Waals surface area contributed by atoms with Gasteiger partial charge in [0.15, 0.2) is 5.78 Å². The molecule has 0 amide bonds. The molecule has 1 aromatic carbocycles. The van der Waals surface area contributed by atoms with Gasteiger partial charge in [-0.15, -0.1) is 0 Å². The first-order chi connectivity index (χ1) is 9.18. The Hall–Kier alpha value is -1.14. The van der Waals surface area contributed by atoms with E-state index in [-0.39, 0.29) is 10.5 Å². The Kier molecular flexibility index (Phi) is 5.53. The Morgan fingerprint density at radius 1 is 1.25 bits per heavy atom. The summed E-state index contributed by atoms with van der Waals surface area (Å²) in [4.78, 5) is 11.9. The predicted molar refractivity (Wildman–Crippen MR) is 74.8 cm³/mol. The van der Waals surface area contributed by atoms with E-state index >= 15 is 0 Å². The van der Waals surface area contributed by atoms with Gasteiger partial charge in [-0.3, -0.25) is 4.79 Å². The molecule has 1 N–H and O–H groups in total. The number of rotatable bonds is 5. The number of Topliss-reactive ketones (excluding diaryl/α,β-unsaturated/α-hetero) is 1. The lowest BCUT2D eigenvalue weighted by atomic mass is 9.86. The number of benzene rings is 1. The first kappa shape index (κ1) is 16.9. The number of carbonyl (C=O) groups excluding carboxylic acids is 1. The van der Waals surface area contributed by atoms with Crippen LogP contribution in [0.15, 0.2) is 17.0 Å². The summed E-state index contributed by atoms with van der Waals surface area (Å²) in [7, 11) is -1.80. The van der Waals surface area contributed by atoms with Gasteiger partial charge in [-0.2, -0.15) is 0 Å². The monoisotopic (exact) mass is 303 g/mol. The topological polar surface area (TPSA) is 46.2 Å². The molecule has 1 unspecified atom stereocenters. The van der Waals surface area contributed by atoms with Crippen LogP contribution in [0.5, 0.6) is 0 Å². The minimum atomic E-state index is -1.80. The lowest BCUT2D eigenvalue weighted by Crippen LogP contribution is -2.23. The van der Waals surface area contributed by atoms with E-state index in [1.807, 2.05) is 6.92 Å². The molecule has 0 heterocycles. The molecule has 6 heteroatoms. The molecule has 0 bridgehead atoms. The van der Waals surface area contributed by atoms with Gasteiger partial charge in [-0.25, -0.2) is 17.7 Å². The van der Waals surface area contributed by atoms with Crippen molar-refractivity contribution in [1.82, 2.24) is 4.72 Å². The van der Waals surface area contributed by atoms with Crippen LogP contribution in [-0.4, -0.2) is 16.5 Å². The third-order valence-corrected chi connectivity index (χ3v) is 3.81. The van der Waals surface area contributed by atoms with Gasteiger partial charge in [0.05, 0.1) is 10.5 Å². The van der Waals surface area contributed by atoms with Crippen molar-refractivity contribution in [2.24, 2.45) is 5.41 Å². The SMILES string of the molecule is CCCNS(=O)c1cc(C(=O)C(C)(C)C)c(F)cc1F. The standard InChI is InChI=1S/C14H19F2NO2S/c1-5-6-17-20(19)12-7-9(10(15)8-11(12)16)13(18)14(2,3)4/h7-8,17H,5-6H2,1-4H3. The first-order valence-electron chi connectivity index (χ1n) is 6.37. The lowest BCUT2D eigenvalue weighted by molar-refractivity contribution is 0.0853. The van der Waals surface area contributed by atoms with Crippen LogP contribution in [-0.2, 0) is 11.0 Å². The largest absolute Gasteiger partial charge is 0.293 e. The van der Waals surface area contributed by atoms with Crippen LogP contribution in [0.25, 0.3) is 0 Å². The number of ketones is 1. The smallest absolute Gasteiger partial charge is 0.171 e. The van der Waals surface area contributed by atoms with Crippen molar-refractivity contribution in [2.75, 3.05) is 6.54 Å². The van der Waals surface area contributed by atoms with Crippen molar-refractivity contribution in [2.45, 2.75) is 39.0 Å². The Balaban J connectivity index is 3.23. The van der Waals surface area contributed by atoms with Crippen molar-refractivity contribution < 1.29 is 17.8 Å². The second-order valence-corrected chi connectivity index (χ2v) is 6.77. The molecule has 0 aliphatic carbocycles. The second kappa shape index (κ2) is 6.54. The summed E-state index contributed by atoms with van der Waals surface area (Å²) >= 11 is 0. The Morgan fingerprint density at radius 3 is 2.35 bits per heavy atom. The summed E-state index contributed by atoms with van der Waals surface area (Å²) in [5, 5.41) is 0. The number of nitrogens with one attached hydrogen (secondary N) is 1. The summed E-state index contributed by atoms with van der Waals surface area (Å²) in [6.07, 6.45) is 0.725. The fourth-order valence-corrected chi connectivity index (χ4v) is 2.53. The maximum Gasteiger partial charge on any atom is 0.171 e. The Labute approximate surface area is 120 Å². The molecule has 1 atom stereocenters. The van der Waals surface area contributed by atoms with Gasteiger partial charge in [-0.05, 0) is 12.5 Å². The van der Waals surface area contributed by atoms with E-state index < -0.39 is 33.8 Å². The second-order valence-electron chi connectivity index (χ2n) is 5.50. The maximum absolute atomic E-state index is 13.7. The normalized spacial score (nSPS) is 13.3. The summed E-state index contributed by atoms with van der Waals surface area (Å²) in [6, 6.07) is 1.65. The number of hydrogen-bond donors (Lipinski definition) is 1. The van der Waals surface area contributed by atoms with E-state index in [0.717, 1.165) is 12.5 Å². The summed E-state index contributed by atoms with van der Waals surface area (Å²) < 4.78 is 41.9. The molecule has 0 saturated carbocycles. The molecule has 1 rings (SSSR count). The highest BCUT2D eigenvalue weighted by Crippen LogP contribution is 2.25. The predicted octanol–water partition coefficient (Wildman–Crippen LogP) is 3.22. The molecule has 0 aliphatic heterocycles. The van der Waals surface area contributed by atoms with Crippen LogP contribution >= 0.6 is 0 Å². The van der Waals surface area contributed by atoms with E-state index in [1.165, 1.54) is 0 Å². The van der Waals surface area contributed by atoms with Gasteiger partial charge in [0.25, 0.3) is 0 Å². The Bertz CT molecular complexity index is 539. The van der Waals surface area contributed by atoms with Crippen molar-refractivity contribution in [3.8, 4) is 0 Å². The molecule has 0 spiro atoms. The highest BCUT2D eigenvalue weighted by Gasteiger charge is 2.27. The summed E-state index contributed by atoms with van der Waals surface area (Å²) in [6.45, 7) is 7.24. The quantitative estimate of drug-likeness (QED) is 0.849. The molecule has 112 valence electrons. The summed E-state index contributed by atoms with van der Waals surface area (Å²) in [5.41, 5.74) is -1.03. The van der Waals surface area contributed by atoms with Crippen LogP contribution in [0.4, 0.5) is 8.78 Å². The molecule has 3 nitrogen and oxygen atoms in total. The average molecular weight is 303 g/mol. The number of hydrogen-bond acceptors (Lipinski definition) is 2. The molecular weight excluding hydrogens is 284 g/mol. The molecule has 0 fully saturated rings. The fraction of sp³-hybridized carbons (Fsp3) is 0.500. The van der Waals surface area contributed by atoms with E-state index in [2.05, 4.69) is 4.72 Å². The minimum Gasteiger partial charge on any atom is -0.293 e. The van der Waals surface area contributed by atoms with Crippen molar-refractivity contribution >= 4 is 16.8 Å². The highest BCUT2D eigenvalue weighted by atomic mass is 32.2. The Morgan fingerprint density at radius 2 is 1.85 bits per heavy atom. The van der Waals surface area contributed by atoms with Crippen molar-refractivity contribution in [3.63, 3.8) is 0 Å². The van der Waals surface area contributed by atoms with Crippen LogP contribution in [0.2, 0.25) is 0 Å². The third-order valence-electron chi connectivity index (χ3n) is 2.63. The van der Waals surface area contributed by atoms with E-state index in [4.69, 9.17) is 0 Å². The molecule has 1 aromatic rings. The molecule has 20 heavy (non-hydrogen) atoms. The minimum absolute atomic E-state index is 0.201. The van der Waals surface area contributed by atoms with Crippen LogP contribution < -0.4 is 4.72 Å². The molecule has 0 aromatic heterocycles. The zero-order chi connectivity index (χ0) is 15.5. The van der Waals surface area contributed by atoms with Gasteiger partial charge < -0.3 is 0 Å². The number of halogens is 2. The molecule has 0 radical (unpaired) electrons. The zero-order valence-corrected chi connectivity index (χ0v) is 12.9. The highest BCUT2D eigenvalue weighted by molar-refractivity contribution is 7.83. The first-order valence-corrected chi connectivity index (χ1v) is 7.52. The molecule has 0 saturated heterocycles.